The van der Waals surface area contributed by atoms with E-state index in [0.717, 1.165) is 25.7 Å². The molecule has 0 spiro atoms. The molecule has 8 heteroatoms. The predicted octanol–water partition coefficient (Wildman–Crippen LogP) is 2.87. The number of hydrogen-bond acceptors (Lipinski definition) is 6. The van der Waals surface area contributed by atoms with Crippen LogP contribution in [0.15, 0.2) is 34.2 Å². The Hall–Kier alpha value is -2.35. The highest BCUT2D eigenvalue weighted by Gasteiger charge is 2.26. The third-order valence-electron chi connectivity index (χ3n) is 4.53. The molecule has 1 aromatic carbocycles. The van der Waals surface area contributed by atoms with Gasteiger partial charge >= 0.3 is 6.09 Å². The van der Waals surface area contributed by atoms with E-state index in [-0.39, 0.29) is 11.6 Å². The van der Waals surface area contributed by atoms with E-state index in [1.54, 1.807) is 23.6 Å². The van der Waals surface area contributed by atoms with Crippen molar-refractivity contribution in [2.75, 3.05) is 7.11 Å². The van der Waals surface area contributed by atoms with Gasteiger partial charge in [0.2, 0.25) is 5.91 Å². The van der Waals surface area contributed by atoms with Crippen LogP contribution in [0.5, 0.6) is 0 Å². The van der Waals surface area contributed by atoms with Crippen molar-refractivity contribution >= 4 is 34.7 Å². The number of nitrogens with one attached hydrogen (secondary N) is 1. The van der Waals surface area contributed by atoms with E-state index in [0.29, 0.717) is 16.1 Å². The number of benzene rings is 1. The highest BCUT2D eigenvalue weighted by molar-refractivity contribution is 8.00. The molecule has 1 fully saturated rings. The van der Waals surface area contributed by atoms with Crippen LogP contribution in [0, 0.1) is 0 Å². The average molecular weight is 375 g/mol. The number of rotatable bonds is 4. The second-order valence-electron chi connectivity index (χ2n) is 6.27. The number of aromatic nitrogens is 2. The minimum atomic E-state index is -0.804. The van der Waals surface area contributed by atoms with Crippen LogP contribution in [-0.2, 0) is 9.53 Å². The van der Waals surface area contributed by atoms with Crippen molar-refractivity contribution < 1.29 is 14.3 Å². The molecular formula is C18H21N3O4S. The number of methoxy groups -OCH3 is 1. The van der Waals surface area contributed by atoms with E-state index in [1.165, 1.54) is 18.9 Å². The Kier molecular flexibility index (Phi) is 5.61. The quantitative estimate of drug-likeness (QED) is 0.653. The number of nitrogens with zero attached hydrogens (tertiary/aromatic N) is 2. The first-order valence-corrected chi connectivity index (χ1v) is 9.46. The molecular weight excluding hydrogens is 354 g/mol. The number of alkyl carbamates (subject to hydrolysis) is 1. The van der Waals surface area contributed by atoms with E-state index in [2.05, 4.69) is 15.0 Å². The normalized spacial score (nSPS) is 15.8. The molecule has 3 rings (SSSR count). The molecule has 2 aromatic rings. The van der Waals surface area contributed by atoms with Crippen molar-refractivity contribution in [3.8, 4) is 0 Å². The van der Waals surface area contributed by atoms with E-state index in [9.17, 15) is 14.4 Å². The van der Waals surface area contributed by atoms with E-state index >= 15 is 0 Å². The van der Waals surface area contributed by atoms with Crippen LogP contribution in [-0.4, -0.2) is 33.9 Å². The smallest absolute Gasteiger partial charge is 0.413 e. The molecule has 0 unspecified atom stereocenters. The number of hydrogen-bond donors (Lipinski definition) is 1. The average Bonchev–Trinajstić information content (AvgIpc) is 3.15. The molecule has 1 aliphatic carbocycles. The van der Waals surface area contributed by atoms with Gasteiger partial charge in [-0.25, -0.2) is 9.78 Å². The maximum atomic E-state index is 13.0. The van der Waals surface area contributed by atoms with Crippen LogP contribution in [0.2, 0.25) is 0 Å². The molecule has 1 saturated carbocycles. The zero-order valence-electron chi connectivity index (χ0n) is 14.7. The van der Waals surface area contributed by atoms with Crippen molar-refractivity contribution in [1.82, 2.24) is 14.9 Å². The van der Waals surface area contributed by atoms with Gasteiger partial charge in [-0.15, -0.1) is 0 Å². The molecule has 138 valence electrons. The Morgan fingerprint density at radius 3 is 2.69 bits per heavy atom. The van der Waals surface area contributed by atoms with Gasteiger partial charge in [0.25, 0.3) is 5.56 Å². The van der Waals surface area contributed by atoms with Crippen LogP contribution in [0.3, 0.4) is 0 Å². The van der Waals surface area contributed by atoms with Gasteiger partial charge in [-0.1, -0.05) is 36.7 Å². The molecule has 7 nitrogen and oxygen atoms in total. The second-order valence-corrected chi connectivity index (χ2v) is 7.57. The molecule has 26 heavy (non-hydrogen) atoms. The maximum Gasteiger partial charge on any atom is 0.413 e. The largest absolute Gasteiger partial charge is 0.453 e. The minimum absolute atomic E-state index is 0.0782. The summed E-state index contributed by atoms with van der Waals surface area (Å²) >= 11 is 1.18. The lowest BCUT2D eigenvalue weighted by Gasteiger charge is -2.20. The summed E-state index contributed by atoms with van der Waals surface area (Å²) in [6, 6.07) is 7.31. The number of carbonyl (C=O) groups is 2. The monoisotopic (exact) mass is 375 g/mol. The van der Waals surface area contributed by atoms with Gasteiger partial charge in [-0.2, -0.15) is 0 Å². The molecule has 1 atom stereocenters. The van der Waals surface area contributed by atoms with Crippen molar-refractivity contribution in [2.45, 2.75) is 49.1 Å². The Morgan fingerprint density at radius 2 is 2.00 bits per heavy atom. The number of para-hydroxylation sites is 1. The van der Waals surface area contributed by atoms with Crippen molar-refractivity contribution in [3.63, 3.8) is 0 Å². The van der Waals surface area contributed by atoms with Crippen LogP contribution in [0.1, 0.15) is 38.6 Å². The van der Waals surface area contributed by atoms with Gasteiger partial charge in [0.05, 0.1) is 23.3 Å². The van der Waals surface area contributed by atoms with Gasteiger partial charge in [0.15, 0.2) is 5.16 Å². The Balaban J connectivity index is 1.98. The Labute approximate surface area is 155 Å². The molecule has 1 N–H and O–H groups in total. The van der Waals surface area contributed by atoms with Gasteiger partial charge in [-0.3, -0.25) is 19.5 Å². The van der Waals surface area contributed by atoms with Crippen molar-refractivity contribution in [2.24, 2.45) is 0 Å². The zero-order valence-corrected chi connectivity index (χ0v) is 15.5. The summed E-state index contributed by atoms with van der Waals surface area (Å²) in [5.41, 5.74) is 0.528. The number of thioether (sulfide) groups is 1. The van der Waals surface area contributed by atoms with Crippen molar-refractivity contribution in [1.29, 1.82) is 0 Å². The van der Waals surface area contributed by atoms with E-state index in [4.69, 9.17) is 0 Å². The first-order valence-electron chi connectivity index (χ1n) is 8.58. The number of fused-ring (bicyclic) bond motifs is 1. The van der Waals surface area contributed by atoms with Gasteiger partial charge in [-0.05, 0) is 31.9 Å². The molecule has 0 bridgehead atoms. The fourth-order valence-electron chi connectivity index (χ4n) is 3.16. The summed E-state index contributed by atoms with van der Waals surface area (Å²) in [7, 11) is 1.20. The standard InChI is InChI=1S/C18H21N3O4S/c1-11(15(22)20-18(24)25-2)26-17-19-14-10-6-5-9-13(14)16(23)21(17)12-7-3-4-8-12/h5-6,9-12H,3-4,7-8H2,1-2H3,(H,20,22,24)/t11-/m0/s1. The Morgan fingerprint density at radius 1 is 1.31 bits per heavy atom. The molecule has 0 radical (unpaired) electrons. The summed E-state index contributed by atoms with van der Waals surface area (Å²) in [5, 5.41) is 2.64. The van der Waals surface area contributed by atoms with Gasteiger partial charge in [0, 0.05) is 6.04 Å². The minimum Gasteiger partial charge on any atom is -0.453 e. The molecule has 0 aliphatic heterocycles. The second kappa shape index (κ2) is 7.90. The van der Waals surface area contributed by atoms with E-state index in [1.807, 2.05) is 12.1 Å². The van der Waals surface area contributed by atoms with E-state index < -0.39 is 17.3 Å². The fourth-order valence-corrected chi connectivity index (χ4v) is 4.14. The number of carbonyl (C=O) groups excluding carboxylic acids is 2. The third-order valence-corrected chi connectivity index (χ3v) is 5.59. The first kappa shape index (κ1) is 18.4. The topological polar surface area (TPSA) is 90.3 Å². The number of imide groups is 1. The highest BCUT2D eigenvalue weighted by Crippen LogP contribution is 2.33. The molecule has 1 heterocycles. The molecule has 1 aromatic heterocycles. The summed E-state index contributed by atoms with van der Waals surface area (Å²) in [4.78, 5) is 41.1. The highest BCUT2D eigenvalue weighted by atomic mass is 32.2. The van der Waals surface area contributed by atoms with Crippen LogP contribution >= 0.6 is 11.8 Å². The Bertz CT molecular complexity index is 890. The summed E-state index contributed by atoms with van der Waals surface area (Å²) < 4.78 is 6.18. The summed E-state index contributed by atoms with van der Waals surface area (Å²) in [6.45, 7) is 1.67. The summed E-state index contributed by atoms with van der Waals surface area (Å²) in [6.07, 6.45) is 3.20. The van der Waals surface area contributed by atoms with Crippen LogP contribution in [0.4, 0.5) is 4.79 Å². The lowest BCUT2D eigenvalue weighted by Crippen LogP contribution is -2.36. The van der Waals surface area contributed by atoms with Crippen molar-refractivity contribution in [3.05, 3.63) is 34.6 Å². The van der Waals surface area contributed by atoms with Gasteiger partial charge in [0.1, 0.15) is 0 Å². The lowest BCUT2D eigenvalue weighted by molar-refractivity contribution is -0.119. The SMILES string of the molecule is COC(=O)NC(=O)[C@H](C)Sc1nc2ccccc2c(=O)n1C1CCCC1. The maximum absolute atomic E-state index is 13.0. The van der Waals surface area contributed by atoms with Crippen LogP contribution in [0.25, 0.3) is 10.9 Å². The number of amides is 2. The van der Waals surface area contributed by atoms with Gasteiger partial charge < -0.3 is 4.74 Å². The zero-order chi connectivity index (χ0) is 18.7. The fraction of sp³-hybridized carbons (Fsp3) is 0.444. The predicted molar refractivity (Wildman–Crippen MR) is 99.4 cm³/mol. The first-order chi connectivity index (χ1) is 12.5. The third kappa shape index (κ3) is 3.75. The number of ether oxygens (including phenoxy) is 1. The lowest BCUT2D eigenvalue weighted by atomic mass is 10.2. The van der Waals surface area contributed by atoms with Crippen LogP contribution < -0.4 is 10.9 Å². The molecule has 2 amide bonds. The molecule has 1 aliphatic rings. The molecule has 0 saturated heterocycles. The summed E-state index contributed by atoms with van der Waals surface area (Å²) in [5.74, 6) is -0.484.